The Hall–Kier alpha value is -2.90. The van der Waals surface area contributed by atoms with Crippen molar-refractivity contribution >= 4 is 29.1 Å². The Balaban J connectivity index is 1.61. The van der Waals surface area contributed by atoms with Crippen LogP contribution in [0.2, 0.25) is 5.02 Å². The molecule has 0 radical (unpaired) electrons. The molecule has 0 aromatic heterocycles. The van der Waals surface area contributed by atoms with E-state index >= 15 is 0 Å². The van der Waals surface area contributed by atoms with Gasteiger partial charge in [0.1, 0.15) is 5.82 Å². The highest BCUT2D eigenvalue weighted by Gasteiger charge is 2.32. The molecule has 1 N–H and O–H groups in total. The van der Waals surface area contributed by atoms with Crippen molar-refractivity contribution in [2.45, 2.75) is 25.9 Å². The zero-order valence-corrected chi connectivity index (χ0v) is 20.3. The Kier molecular flexibility index (Phi) is 7.24. The minimum atomic E-state index is -0.406. The molecule has 0 unspecified atom stereocenters. The second-order valence-corrected chi connectivity index (χ2v) is 9.50. The van der Waals surface area contributed by atoms with Crippen LogP contribution in [0.5, 0.6) is 0 Å². The lowest BCUT2D eigenvalue weighted by atomic mass is 9.99. The number of nitrogens with one attached hydrogen (secondary N) is 1. The van der Waals surface area contributed by atoms with E-state index < -0.39 is 5.82 Å². The summed E-state index contributed by atoms with van der Waals surface area (Å²) in [5, 5.41) is 3.68. The van der Waals surface area contributed by atoms with Crippen molar-refractivity contribution < 1.29 is 14.0 Å². The molecule has 2 fully saturated rings. The van der Waals surface area contributed by atoms with Gasteiger partial charge in [-0.05, 0) is 49.7 Å². The Morgan fingerprint density at radius 3 is 2.44 bits per heavy atom. The standard InChI is InChI=1S/C26H30ClFN4O2/c1-17(2)25(33)31-12-13-32(23-9-8-21(27)14-22(23)28)24(16-31)19-4-6-20(7-5-19)26(34)30-11-10-29-18(3)15-30/h4-9,14,18,24,29H,1,10-13,15-16H2,2-3H3/t18-,24+/m1/s1. The van der Waals surface area contributed by atoms with E-state index in [1.807, 2.05) is 34.1 Å². The number of hydrogen-bond acceptors (Lipinski definition) is 4. The SMILES string of the molecule is C=C(C)C(=O)N1CCN(c2ccc(Cl)cc2F)[C@H](c2ccc(C(=O)N3CCN[C@H](C)C3)cc2)C1. The van der Waals surface area contributed by atoms with Crippen molar-refractivity contribution in [1.29, 1.82) is 0 Å². The molecular formula is C26H30ClFN4O2. The molecular weight excluding hydrogens is 455 g/mol. The van der Waals surface area contributed by atoms with Gasteiger partial charge >= 0.3 is 0 Å². The molecule has 0 bridgehead atoms. The summed E-state index contributed by atoms with van der Waals surface area (Å²) in [5.74, 6) is -0.513. The normalized spacial score (nSPS) is 20.9. The highest BCUT2D eigenvalue weighted by Crippen LogP contribution is 2.34. The van der Waals surface area contributed by atoms with E-state index in [0.717, 1.165) is 12.1 Å². The quantitative estimate of drug-likeness (QED) is 0.669. The number of rotatable bonds is 4. The lowest BCUT2D eigenvalue weighted by Crippen LogP contribution is -2.51. The Bertz CT molecular complexity index is 1090. The number of hydrogen-bond donors (Lipinski definition) is 1. The van der Waals surface area contributed by atoms with Gasteiger partial charge in [0.15, 0.2) is 0 Å². The van der Waals surface area contributed by atoms with Gasteiger partial charge < -0.3 is 20.0 Å². The summed E-state index contributed by atoms with van der Waals surface area (Å²) < 4.78 is 14.8. The lowest BCUT2D eigenvalue weighted by Gasteiger charge is -2.43. The maximum atomic E-state index is 14.8. The zero-order chi connectivity index (χ0) is 24.4. The van der Waals surface area contributed by atoms with E-state index in [-0.39, 0.29) is 23.9 Å². The van der Waals surface area contributed by atoms with Gasteiger partial charge in [0.2, 0.25) is 5.91 Å². The molecule has 2 heterocycles. The largest absolute Gasteiger partial charge is 0.359 e. The van der Waals surface area contributed by atoms with Crippen LogP contribution in [-0.2, 0) is 4.79 Å². The van der Waals surface area contributed by atoms with Gasteiger partial charge in [-0.25, -0.2) is 4.39 Å². The first-order valence-corrected chi connectivity index (χ1v) is 11.9. The van der Waals surface area contributed by atoms with Crippen molar-refractivity contribution in [3.05, 3.63) is 76.6 Å². The lowest BCUT2D eigenvalue weighted by molar-refractivity contribution is -0.127. The molecule has 2 aliphatic heterocycles. The van der Waals surface area contributed by atoms with Crippen LogP contribution in [0.4, 0.5) is 10.1 Å². The van der Waals surface area contributed by atoms with Gasteiger partial charge in [-0.15, -0.1) is 0 Å². The van der Waals surface area contributed by atoms with Gasteiger partial charge in [0, 0.05) is 61.5 Å². The summed E-state index contributed by atoms with van der Waals surface area (Å²) in [5.41, 5.74) is 2.43. The van der Waals surface area contributed by atoms with Crippen LogP contribution in [-0.4, -0.2) is 66.9 Å². The summed E-state index contributed by atoms with van der Waals surface area (Å²) in [6.07, 6.45) is 0. The minimum absolute atomic E-state index is 0.00299. The predicted molar refractivity (Wildman–Crippen MR) is 133 cm³/mol. The van der Waals surface area contributed by atoms with Gasteiger partial charge in [0.25, 0.3) is 5.91 Å². The molecule has 4 rings (SSSR count). The van der Waals surface area contributed by atoms with E-state index in [0.29, 0.717) is 54.6 Å². The second-order valence-electron chi connectivity index (χ2n) is 9.06. The summed E-state index contributed by atoms with van der Waals surface area (Å²) >= 11 is 5.97. The number of carbonyl (C=O) groups is 2. The molecule has 34 heavy (non-hydrogen) atoms. The summed E-state index contributed by atoms with van der Waals surface area (Å²) in [6, 6.07) is 12.1. The van der Waals surface area contributed by atoms with Gasteiger partial charge in [-0.3, -0.25) is 9.59 Å². The fraction of sp³-hybridized carbons (Fsp3) is 0.385. The van der Waals surface area contributed by atoms with Crippen LogP contribution in [0.3, 0.4) is 0 Å². The maximum absolute atomic E-state index is 14.8. The van der Waals surface area contributed by atoms with Gasteiger partial charge in [0.05, 0.1) is 11.7 Å². The highest BCUT2D eigenvalue weighted by molar-refractivity contribution is 6.30. The van der Waals surface area contributed by atoms with E-state index in [1.165, 1.54) is 6.07 Å². The van der Waals surface area contributed by atoms with Crippen LogP contribution in [0.1, 0.15) is 35.8 Å². The number of nitrogens with zero attached hydrogens (tertiary/aromatic N) is 3. The molecule has 180 valence electrons. The third kappa shape index (κ3) is 5.10. The predicted octanol–water partition coefficient (Wildman–Crippen LogP) is 3.88. The minimum Gasteiger partial charge on any atom is -0.359 e. The van der Waals surface area contributed by atoms with Crippen molar-refractivity contribution in [1.82, 2.24) is 15.1 Å². The Morgan fingerprint density at radius 1 is 1.06 bits per heavy atom. The molecule has 2 saturated heterocycles. The molecule has 2 aromatic rings. The van der Waals surface area contributed by atoms with Crippen LogP contribution >= 0.6 is 11.6 Å². The Morgan fingerprint density at radius 2 is 1.79 bits per heavy atom. The number of amides is 2. The van der Waals surface area contributed by atoms with E-state index in [2.05, 4.69) is 18.8 Å². The molecule has 6 nitrogen and oxygen atoms in total. The van der Waals surface area contributed by atoms with Crippen LogP contribution in [0.25, 0.3) is 0 Å². The molecule has 2 aliphatic rings. The zero-order valence-electron chi connectivity index (χ0n) is 19.6. The second kappa shape index (κ2) is 10.2. The molecule has 0 spiro atoms. The van der Waals surface area contributed by atoms with Crippen molar-refractivity contribution in [2.24, 2.45) is 0 Å². The van der Waals surface area contributed by atoms with Crippen molar-refractivity contribution in [2.75, 3.05) is 44.2 Å². The van der Waals surface area contributed by atoms with Gasteiger partial charge in [-0.1, -0.05) is 30.3 Å². The average Bonchev–Trinajstić information content (AvgIpc) is 2.83. The van der Waals surface area contributed by atoms with Crippen molar-refractivity contribution in [3.8, 4) is 0 Å². The fourth-order valence-electron chi connectivity index (χ4n) is 4.67. The average molecular weight is 485 g/mol. The highest BCUT2D eigenvalue weighted by atomic mass is 35.5. The first kappa shape index (κ1) is 24.2. The molecule has 8 heteroatoms. The third-order valence-corrected chi connectivity index (χ3v) is 6.69. The van der Waals surface area contributed by atoms with E-state index in [1.54, 1.807) is 24.0 Å². The number of benzene rings is 2. The van der Waals surface area contributed by atoms with Crippen LogP contribution in [0.15, 0.2) is 54.6 Å². The monoisotopic (exact) mass is 484 g/mol. The maximum Gasteiger partial charge on any atom is 0.253 e. The first-order valence-electron chi connectivity index (χ1n) is 11.5. The molecule has 0 saturated carbocycles. The Labute approximate surface area is 205 Å². The number of halogens is 2. The van der Waals surface area contributed by atoms with Gasteiger partial charge in [-0.2, -0.15) is 0 Å². The first-order chi connectivity index (χ1) is 16.2. The molecule has 0 aliphatic carbocycles. The molecule has 2 aromatic carbocycles. The number of anilines is 1. The number of carbonyl (C=O) groups excluding carboxylic acids is 2. The van der Waals surface area contributed by atoms with Crippen LogP contribution in [0, 0.1) is 5.82 Å². The third-order valence-electron chi connectivity index (χ3n) is 6.45. The summed E-state index contributed by atoms with van der Waals surface area (Å²) in [6.45, 7) is 11.0. The molecule has 2 atom stereocenters. The van der Waals surface area contributed by atoms with E-state index in [4.69, 9.17) is 11.6 Å². The molecule has 2 amide bonds. The van der Waals surface area contributed by atoms with Crippen molar-refractivity contribution in [3.63, 3.8) is 0 Å². The topological polar surface area (TPSA) is 55.9 Å². The summed E-state index contributed by atoms with van der Waals surface area (Å²) in [7, 11) is 0. The van der Waals surface area contributed by atoms with E-state index in [9.17, 15) is 14.0 Å². The summed E-state index contributed by atoms with van der Waals surface area (Å²) in [4.78, 5) is 31.2. The number of piperazine rings is 2. The van der Waals surface area contributed by atoms with Crippen LogP contribution < -0.4 is 10.2 Å². The fourth-order valence-corrected chi connectivity index (χ4v) is 4.83. The smallest absolute Gasteiger partial charge is 0.253 e.